The number of hydrogen-bond acceptors (Lipinski definition) is 3. The van der Waals surface area contributed by atoms with Crippen molar-refractivity contribution in [3.8, 4) is 0 Å². The van der Waals surface area contributed by atoms with Gasteiger partial charge in [0.05, 0.1) is 18.8 Å². The van der Waals surface area contributed by atoms with Crippen LogP contribution in [-0.4, -0.2) is 34.9 Å². The summed E-state index contributed by atoms with van der Waals surface area (Å²) in [4.78, 5) is 12.6. The van der Waals surface area contributed by atoms with Gasteiger partial charge in [0.1, 0.15) is 0 Å². The minimum atomic E-state index is -0.657. The molecule has 0 bridgehead atoms. The fourth-order valence-electron chi connectivity index (χ4n) is 12.0. The highest BCUT2D eigenvalue weighted by Crippen LogP contribution is 2.20. The van der Waals surface area contributed by atoms with Crippen LogP contribution in [0, 0.1) is 0 Å². The quantitative estimate of drug-likeness (QED) is 0.0532. The normalized spacial score (nSPS) is 12.5. The summed E-state index contributed by atoms with van der Waals surface area (Å²) in [5, 5.41) is 23.5. The van der Waals surface area contributed by atoms with Gasteiger partial charge >= 0.3 is 0 Å². The van der Waals surface area contributed by atoms with Gasteiger partial charge in [-0.3, -0.25) is 4.79 Å². The monoisotopic (exact) mass is 1060 g/mol. The summed E-state index contributed by atoms with van der Waals surface area (Å²) >= 11 is 0. The lowest BCUT2D eigenvalue weighted by molar-refractivity contribution is -0.123. The molecule has 0 saturated heterocycles. The minimum Gasteiger partial charge on any atom is -0.394 e. The molecule has 4 heteroatoms. The van der Waals surface area contributed by atoms with Crippen molar-refractivity contribution in [3.05, 3.63) is 0 Å². The van der Waals surface area contributed by atoms with Gasteiger partial charge in [-0.1, -0.05) is 412 Å². The predicted molar refractivity (Wildman–Crippen MR) is 336 cm³/mol. The Balaban J connectivity index is 3.35. The second-order valence-corrected chi connectivity index (χ2v) is 25.0. The fourth-order valence-corrected chi connectivity index (χ4v) is 12.0. The van der Waals surface area contributed by atoms with Crippen molar-refractivity contribution in [1.82, 2.24) is 5.32 Å². The Morgan fingerprint density at radius 1 is 0.267 bits per heavy atom. The summed E-state index contributed by atoms with van der Waals surface area (Å²) in [5.74, 6) is -0.0189. The van der Waals surface area contributed by atoms with Crippen molar-refractivity contribution in [3.63, 3.8) is 0 Å². The minimum absolute atomic E-state index is 0.0189. The van der Waals surface area contributed by atoms with E-state index >= 15 is 0 Å². The number of nitrogens with one attached hydrogen (secondary N) is 1. The number of carbonyl (C=O) groups is 1. The molecule has 0 radical (unpaired) electrons. The SMILES string of the molecule is CCCCCCCCCCCCCCCCCCCCCCCCCCCCCCCCCCCC(=O)NC(CO)C(O)CCCCCCCCCCCCCCCCCCCCCCCCCCCCCCCC. The third kappa shape index (κ3) is 64.1. The van der Waals surface area contributed by atoms with E-state index in [1.54, 1.807) is 0 Å². The molecule has 2 unspecified atom stereocenters. The van der Waals surface area contributed by atoms with Crippen LogP contribution in [0.3, 0.4) is 0 Å². The second-order valence-electron chi connectivity index (χ2n) is 25.0. The molecular weight excluding hydrogens is 915 g/mol. The zero-order chi connectivity index (χ0) is 54.1. The Bertz CT molecular complexity index is 1020. The van der Waals surface area contributed by atoms with Crippen molar-refractivity contribution >= 4 is 5.91 Å². The number of hydrogen-bond donors (Lipinski definition) is 3. The maximum atomic E-state index is 12.6. The van der Waals surface area contributed by atoms with E-state index < -0.39 is 12.1 Å². The van der Waals surface area contributed by atoms with Gasteiger partial charge in [-0.05, 0) is 12.8 Å². The average Bonchev–Trinajstić information content (AvgIpc) is 3.41. The summed E-state index contributed by atoms with van der Waals surface area (Å²) < 4.78 is 0. The Morgan fingerprint density at radius 3 is 0.600 bits per heavy atom. The van der Waals surface area contributed by atoms with Crippen molar-refractivity contribution in [2.75, 3.05) is 6.61 Å². The maximum absolute atomic E-state index is 12.6. The van der Waals surface area contributed by atoms with E-state index in [0.29, 0.717) is 12.8 Å². The van der Waals surface area contributed by atoms with Gasteiger partial charge in [-0.2, -0.15) is 0 Å². The molecule has 0 aliphatic rings. The van der Waals surface area contributed by atoms with Gasteiger partial charge in [0, 0.05) is 6.42 Å². The Labute approximate surface area is 474 Å². The lowest BCUT2D eigenvalue weighted by Gasteiger charge is -2.22. The predicted octanol–water partition coefficient (Wildman–Crippen LogP) is 24.2. The van der Waals surface area contributed by atoms with Gasteiger partial charge < -0.3 is 15.5 Å². The highest BCUT2D eigenvalue weighted by molar-refractivity contribution is 5.76. The van der Waals surface area contributed by atoms with Gasteiger partial charge in [-0.15, -0.1) is 0 Å². The number of unbranched alkanes of at least 4 members (excludes halogenated alkanes) is 61. The Morgan fingerprint density at radius 2 is 0.427 bits per heavy atom. The Hall–Kier alpha value is -0.610. The topological polar surface area (TPSA) is 69.6 Å². The molecule has 1 amide bonds. The van der Waals surface area contributed by atoms with Crippen LogP contribution < -0.4 is 5.32 Å². The lowest BCUT2D eigenvalue weighted by atomic mass is 10.0. The molecule has 75 heavy (non-hydrogen) atoms. The summed E-state index contributed by atoms with van der Waals surface area (Å²) in [7, 11) is 0. The van der Waals surface area contributed by atoms with Crippen LogP contribution in [0.5, 0.6) is 0 Å². The fraction of sp³-hybridized carbons (Fsp3) is 0.986. The maximum Gasteiger partial charge on any atom is 0.220 e. The summed E-state index contributed by atoms with van der Waals surface area (Å²) in [5.41, 5.74) is 0. The van der Waals surface area contributed by atoms with Crippen molar-refractivity contribution < 1.29 is 15.0 Å². The van der Waals surface area contributed by atoms with Crippen LogP contribution in [0.1, 0.15) is 431 Å². The lowest BCUT2D eigenvalue weighted by Crippen LogP contribution is -2.45. The molecule has 0 aliphatic heterocycles. The molecule has 0 aliphatic carbocycles. The molecule has 0 aromatic rings. The number of carbonyl (C=O) groups excluding carboxylic acids is 1. The zero-order valence-corrected chi connectivity index (χ0v) is 52.1. The average molecular weight is 1060 g/mol. The highest BCUT2D eigenvalue weighted by Gasteiger charge is 2.20. The van der Waals surface area contributed by atoms with Gasteiger partial charge in [0.15, 0.2) is 0 Å². The van der Waals surface area contributed by atoms with Crippen LogP contribution in [0.15, 0.2) is 0 Å². The zero-order valence-electron chi connectivity index (χ0n) is 52.1. The van der Waals surface area contributed by atoms with E-state index in [0.717, 1.165) is 25.7 Å². The van der Waals surface area contributed by atoms with E-state index in [-0.39, 0.29) is 12.5 Å². The molecule has 0 spiro atoms. The van der Waals surface area contributed by atoms with Gasteiger partial charge in [0.2, 0.25) is 5.91 Å². The van der Waals surface area contributed by atoms with Crippen molar-refractivity contribution in [2.45, 2.75) is 443 Å². The molecule has 0 fully saturated rings. The van der Waals surface area contributed by atoms with Crippen LogP contribution in [0.4, 0.5) is 0 Å². The van der Waals surface area contributed by atoms with E-state index in [2.05, 4.69) is 19.2 Å². The van der Waals surface area contributed by atoms with Crippen LogP contribution in [-0.2, 0) is 4.79 Å². The molecule has 0 rings (SSSR count). The molecule has 0 aromatic heterocycles. The van der Waals surface area contributed by atoms with Crippen LogP contribution in [0.25, 0.3) is 0 Å². The van der Waals surface area contributed by atoms with Crippen LogP contribution in [0.2, 0.25) is 0 Å². The largest absolute Gasteiger partial charge is 0.394 e. The third-order valence-electron chi connectivity index (χ3n) is 17.4. The highest BCUT2D eigenvalue weighted by atomic mass is 16.3. The van der Waals surface area contributed by atoms with Gasteiger partial charge in [-0.25, -0.2) is 0 Å². The molecule has 450 valence electrons. The number of rotatable bonds is 68. The Kier molecular flexibility index (Phi) is 67.1. The number of aliphatic hydroxyl groups excluding tert-OH is 2. The number of amides is 1. The van der Waals surface area contributed by atoms with E-state index in [1.807, 2.05) is 0 Å². The van der Waals surface area contributed by atoms with Crippen molar-refractivity contribution in [2.24, 2.45) is 0 Å². The molecule has 2 atom stereocenters. The van der Waals surface area contributed by atoms with E-state index in [4.69, 9.17) is 0 Å². The first kappa shape index (κ1) is 74.4. The van der Waals surface area contributed by atoms with E-state index in [9.17, 15) is 15.0 Å². The molecule has 0 saturated carbocycles. The molecule has 4 nitrogen and oxygen atoms in total. The van der Waals surface area contributed by atoms with Crippen molar-refractivity contribution in [1.29, 1.82) is 0 Å². The second kappa shape index (κ2) is 67.7. The summed E-state index contributed by atoms with van der Waals surface area (Å²) in [6.07, 6.45) is 88.9. The first-order chi connectivity index (χ1) is 37.2. The molecule has 3 N–H and O–H groups in total. The molecular formula is C71H143NO3. The smallest absolute Gasteiger partial charge is 0.220 e. The third-order valence-corrected chi connectivity index (χ3v) is 17.4. The molecule has 0 heterocycles. The summed E-state index contributed by atoms with van der Waals surface area (Å²) in [6, 6.07) is -0.533. The summed E-state index contributed by atoms with van der Waals surface area (Å²) in [6.45, 7) is 4.42. The standard InChI is InChI=1S/C71H143NO3/c1-3-5-7-9-11-13-15-17-19-21-23-25-27-29-31-33-35-36-37-39-41-43-45-47-49-51-53-55-57-59-61-63-65-67-71(75)72-69(68-73)70(74)66-64-62-60-58-56-54-52-50-48-46-44-42-40-38-34-32-30-28-26-24-22-20-18-16-14-12-10-8-6-4-2/h69-70,73-74H,3-68H2,1-2H3,(H,72,75). The number of aliphatic hydroxyl groups is 2. The first-order valence-corrected chi connectivity index (χ1v) is 35.7. The van der Waals surface area contributed by atoms with E-state index in [1.165, 1.54) is 379 Å². The first-order valence-electron chi connectivity index (χ1n) is 35.7. The van der Waals surface area contributed by atoms with Crippen LogP contribution >= 0.6 is 0 Å². The van der Waals surface area contributed by atoms with Gasteiger partial charge in [0.25, 0.3) is 0 Å². The molecule has 0 aromatic carbocycles.